The largest absolute Gasteiger partial charge is 0.472 e. The first-order valence-corrected chi connectivity index (χ1v) is 6.69. The molecule has 0 amide bonds. The number of carbonyl (C=O) groups is 2. The van der Waals surface area contributed by atoms with Crippen LogP contribution in [0.4, 0.5) is 0 Å². The number of ketones is 2. The lowest BCUT2D eigenvalue weighted by Gasteiger charge is -2.44. The summed E-state index contributed by atoms with van der Waals surface area (Å²) in [6.45, 7) is 5.98. The molecule has 3 nitrogen and oxygen atoms in total. The summed E-state index contributed by atoms with van der Waals surface area (Å²) in [5.41, 5.74) is 1.14. The van der Waals surface area contributed by atoms with Crippen molar-refractivity contribution in [3.05, 3.63) is 35.8 Å². The zero-order valence-electron chi connectivity index (χ0n) is 11.5. The highest BCUT2D eigenvalue weighted by atomic mass is 16.3. The molecule has 0 N–H and O–H groups in total. The Hall–Kier alpha value is -1.64. The van der Waals surface area contributed by atoms with Gasteiger partial charge in [-0.2, -0.15) is 0 Å². The molecule has 100 valence electrons. The van der Waals surface area contributed by atoms with Gasteiger partial charge in [0.15, 0.2) is 5.78 Å². The molecule has 0 radical (unpaired) electrons. The number of hydrogen-bond donors (Lipinski definition) is 0. The summed E-state index contributed by atoms with van der Waals surface area (Å²) in [6, 6.07) is 1.86. The maximum Gasteiger partial charge on any atom is 0.164 e. The van der Waals surface area contributed by atoms with Crippen molar-refractivity contribution in [3.63, 3.8) is 0 Å². The van der Waals surface area contributed by atoms with Crippen LogP contribution in [0.2, 0.25) is 0 Å². The molecule has 3 heteroatoms. The molecule has 0 spiro atoms. The van der Waals surface area contributed by atoms with Crippen molar-refractivity contribution in [1.29, 1.82) is 0 Å². The van der Waals surface area contributed by atoms with Crippen molar-refractivity contribution in [2.24, 2.45) is 10.8 Å². The molecule has 2 aliphatic carbocycles. The van der Waals surface area contributed by atoms with Gasteiger partial charge in [0.1, 0.15) is 5.78 Å². The zero-order chi connectivity index (χ0) is 13.8. The van der Waals surface area contributed by atoms with E-state index in [-0.39, 0.29) is 22.9 Å². The average molecular weight is 258 g/mol. The smallest absolute Gasteiger partial charge is 0.164 e. The SMILES string of the molecule is CC1(C)C(=O)CC[C@@]2(C)C1=CC(=O)[C@H]2c1ccoc1. The average Bonchev–Trinajstić information content (AvgIpc) is 2.92. The number of carbonyl (C=O) groups excluding carboxylic acids is 2. The van der Waals surface area contributed by atoms with Crippen LogP contribution < -0.4 is 0 Å². The molecule has 1 saturated carbocycles. The summed E-state index contributed by atoms with van der Waals surface area (Å²) in [6.07, 6.45) is 6.23. The second-order valence-electron chi connectivity index (χ2n) is 6.42. The van der Waals surface area contributed by atoms with Crippen molar-refractivity contribution in [1.82, 2.24) is 0 Å². The minimum Gasteiger partial charge on any atom is -0.472 e. The van der Waals surface area contributed by atoms with Gasteiger partial charge in [0, 0.05) is 22.8 Å². The van der Waals surface area contributed by atoms with Crippen LogP contribution in [0.1, 0.15) is 45.1 Å². The molecule has 0 bridgehead atoms. The second-order valence-corrected chi connectivity index (χ2v) is 6.42. The Labute approximate surface area is 112 Å². The Kier molecular flexibility index (Phi) is 2.40. The molecule has 2 aliphatic rings. The number of fused-ring (bicyclic) bond motifs is 1. The van der Waals surface area contributed by atoms with Gasteiger partial charge < -0.3 is 4.42 Å². The number of rotatable bonds is 1. The molecule has 0 aliphatic heterocycles. The van der Waals surface area contributed by atoms with Crippen LogP contribution in [0, 0.1) is 10.8 Å². The lowest BCUT2D eigenvalue weighted by atomic mass is 9.57. The Morgan fingerprint density at radius 2 is 2.00 bits per heavy atom. The van der Waals surface area contributed by atoms with Crippen LogP contribution in [0.15, 0.2) is 34.7 Å². The highest BCUT2D eigenvalue weighted by Gasteiger charge is 2.56. The van der Waals surface area contributed by atoms with E-state index in [0.717, 1.165) is 17.6 Å². The third-order valence-electron chi connectivity index (χ3n) is 4.94. The Morgan fingerprint density at radius 1 is 1.26 bits per heavy atom. The zero-order valence-corrected chi connectivity index (χ0v) is 11.5. The maximum absolute atomic E-state index is 12.4. The first-order valence-electron chi connectivity index (χ1n) is 6.69. The van der Waals surface area contributed by atoms with Crippen LogP contribution in [0.5, 0.6) is 0 Å². The van der Waals surface area contributed by atoms with Crippen molar-refractivity contribution >= 4 is 11.6 Å². The van der Waals surface area contributed by atoms with Gasteiger partial charge in [-0.05, 0) is 38.0 Å². The van der Waals surface area contributed by atoms with Gasteiger partial charge in [0.25, 0.3) is 0 Å². The standard InChI is InChI=1S/C16H18O3/c1-15(2)12-8-11(17)14(10-5-7-19-9-10)16(12,3)6-4-13(15)18/h5,7-9,14H,4,6H2,1-3H3/t14-,16+/m1/s1. The first kappa shape index (κ1) is 12.4. The van der Waals surface area contributed by atoms with E-state index in [1.165, 1.54) is 0 Å². The fraction of sp³-hybridized carbons (Fsp3) is 0.500. The van der Waals surface area contributed by atoms with Gasteiger partial charge in [-0.3, -0.25) is 9.59 Å². The molecule has 1 aromatic rings. The highest BCUT2D eigenvalue weighted by Crippen LogP contribution is 2.59. The molecule has 0 unspecified atom stereocenters. The van der Waals surface area contributed by atoms with Crippen molar-refractivity contribution < 1.29 is 14.0 Å². The van der Waals surface area contributed by atoms with E-state index >= 15 is 0 Å². The predicted octanol–water partition coefficient (Wildman–Crippen LogP) is 3.27. The van der Waals surface area contributed by atoms with E-state index in [1.807, 2.05) is 19.9 Å². The lowest BCUT2D eigenvalue weighted by molar-refractivity contribution is -0.129. The van der Waals surface area contributed by atoms with E-state index in [1.54, 1.807) is 18.6 Å². The molecule has 3 rings (SSSR count). The summed E-state index contributed by atoms with van der Waals surface area (Å²) in [5, 5.41) is 0. The quantitative estimate of drug-likeness (QED) is 0.776. The van der Waals surface area contributed by atoms with Crippen LogP contribution in [-0.2, 0) is 9.59 Å². The monoisotopic (exact) mass is 258 g/mol. The minimum atomic E-state index is -0.527. The fourth-order valence-electron chi connectivity index (χ4n) is 3.84. The van der Waals surface area contributed by atoms with Gasteiger partial charge in [-0.1, -0.05) is 6.92 Å². The van der Waals surface area contributed by atoms with Crippen molar-refractivity contribution in [3.8, 4) is 0 Å². The molecular formula is C16H18O3. The van der Waals surface area contributed by atoms with E-state index in [9.17, 15) is 9.59 Å². The number of allylic oxidation sites excluding steroid dienone is 2. The van der Waals surface area contributed by atoms with Crippen LogP contribution >= 0.6 is 0 Å². The maximum atomic E-state index is 12.4. The van der Waals surface area contributed by atoms with Gasteiger partial charge >= 0.3 is 0 Å². The Bertz CT molecular complexity index is 577. The number of hydrogen-bond acceptors (Lipinski definition) is 3. The van der Waals surface area contributed by atoms with Crippen molar-refractivity contribution in [2.45, 2.75) is 39.5 Å². The summed E-state index contributed by atoms with van der Waals surface area (Å²) in [7, 11) is 0. The van der Waals surface area contributed by atoms with Gasteiger partial charge in [-0.15, -0.1) is 0 Å². The summed E-state index contributed by atoms with van der Waals surface area (Å²) >= 11 is 0. The Morgan fingerprint density at radius 3 is 2.63 bits per heavy atom. The number of furan rings is 1. The lowest BCUT2D eigenvalue weighted by Crippen LogP contribution is -2.41. The van der Waals surface area contributed by atoms with Gasteiger partial charge in [0.2, 0.25) is 0 Å². The van der Waals surface area contributed by atoms with Crippen LogP contribution in [0.3, 0.4) is 0 Å². The van der Waals surface area contributed by atoms with Gasteiger partial charge in [-0.25, -0.2) is 0 Å². The van der Waals surface area contributed by atoms with Crippen LogP contribution in [-0.4, -0.2) is 11.6 Å². The molecule has 0 saturated heterocycles. The summed E-state index contributed by atoms with van der Waals surface area (Å²) in [5.74, 6) is 0.132. The molecular weight excluding hydrogens is 240 g/mol. The normalized spacial score (nSPS) is 33.2. The van der Waals surface area contributed by atoms with E-state index in [0.29, 0.717) is 6.42 Å². The predicted molar refractivity (Wildman–Crippen MR) is 70.7 cm³/mol. The molecule has 2 atom stereocenters. The molecule has 1 aromatic heterocycles. The second kappa shape index (κ2) is 3.69. The topological polar surface area (TPSA) is 47.3 Å². The number of Topliss-reactive ketones (excluding diaryl/α,β-unsaturated/α-hetero) is 1. The van der Waals surface area contributed by atoms with E-state index in [2.05, 4.69) is 6.92 Å². The Balaban J connectivity index is 2.12. The molecule has 1 fully saturated rings. The summed E-state index contributed by atoms with van der Waals surface area (Å²) < 4.78 is 5.13. The summed E-state index contributed by atoms with van der Waals surface area (Å²) in [4.78, 5) is 24.5. The van der Waals surface area contributed by atoms with E-state index < -0.39 is 5.41 Å². The fourth-order valence-corrected chi connectivity index (χ4v) is 3.84. The third kappa shape index (κ3) is 1.50. The van der Waals surface area contributed by atoms with Crippen LogP contribution in [0.25, 0.3) is 0 Å². The third-order valence-corrected chi connectivity index (χ3v) is 4.94. The first-order chi connectivity index (χ1) is 8.87. The highest BCUT2D eigenvalue weighted by molar-refractivity contribution is 6.03. The van der Waals surface area contributed by atoms with Crippen molar-refractivity contribution in [2.75, 3.05) is 0 Å². The van der Waals surface area contributed by atoms with Gasteiger partial charge in [0.05, 0.1) is 18.4 Å². The molecule has 0 aromatic carbocycles. The molecule has 19 heavy (non-hydrogen) atoms. The van der Waals surface area contributed by atoms with E-state index in [4.69, 9.17) is 4.42 Å². The molecule has 1 heterocycles. The minimum absolute atomic E-state index is 0.0988.